The van der Waals surface area contributed by atoms with Crippen LogP contribution in [0, 0.1) is 6.92 Å². The first-order valence-corrected chi connectivity index (χ1v) is 8.24. The van der Waals surface area contributed by atoms with E-state index in [-0.39, 0.29) is 12.1 Å². The number of hydrogen-bond donors (Lipinski definition) is 1. The minimum Gasteiger partial charge on any atom is -0.490 e. The number of rotatable bonds is 5. The summed E-state index contributed by atoms with van der Waals surface area (Å²) in [6, 6.07) is 12.6. The van der Waals surface area contributed by atoms with E-state index in [1.807, 2.05) is 19.2 Å². The third-order valence-electron chi connectivity index (χ3n) is 4.15. The van der Waals surface area contributed by atoms with Gasteiger partial charge in [-0.3, -0.25) is 4.98 Å². The Morgan fingerprint density at radius 1 is 1.13 bits per heavy atom. The minimum absolute atomic E-state index is 0.219. The smallest absolute Gasteiger partial charge is 0.119 e. The van der Waals surface area contributed by atoms with E-state index in [9.17, 15) is 0 Å². The number of aryl methyl sites for hydroxylation is 1. The van der Waals surface area contributed by atoms with Gasteiger partial charge in [0, 0.05) is 24.6 Å². The van der Waals surface area contributed by atoms with Crippen molar-refractivity contribution < 1.29 is 9.47 Å². The molecule has 1 aromatic carbocycles. The van der Waals surface area contributed by atoms with Gasteiger partial charge in [-0.05, 0) is 43.7 Å². The van der Waals surface area contributed by atoms with Crippen molar-refractivity contribution >= 4 is 5.69 Å². The Balaban J connectivity index is 1.58. The maximum absolute atomic E-state index is 6.01. The van der Waals surface area contributed by atoms with Gasteiger partial charge >= 0.3 is 0 Å². The van der Waals surface area contributed by atoms with Crippen molar-refractivity contribution in [3.8, 4) is 5.75 Å². The van der Waals surface area contributed by atoms with Crippen molar-refractivity contribution in [2.75, 3.05) is 18.5 Å². The molecule has 0 aliphatic carbocycles. The van der Waals surface area contributed by atoms with Crippen LogP contribution in [0.1, 0.15) is 37.1 Å². The molecule has 122 valence electrons. The highest BCUT2D eigenvalue weighted by atomic mass is 16.5. The van der Waals surface area contributed by atoms with Gasteiger partial charge in [0.15, 0.2) is 0 Å². The molecule has 0 amide bonds. The second kappa shape index (κ2) is 7.47. The lowest BCUT2D eigenvalue weighted by molar-refractivity contribution is 0.0255. The molecule has 0 radical (unpaired) electrons. The zero-order chi connectivity index (χ0) is 16.1. The Morgan fingerprint density at radius 3 is 2.52 bits per heavy atom. The van der Waals surface area contributed by atoms with Gasteiger partial charge in [-0.1, -0.05) is 12.1 Å². The molecule has 2 aromatic rings. The molecule has 1 aromatic heterocycles. The zero-order valence-electron chi connectivity index (χ0n) is 13.8. The average Bonchev–Trinajstić information content (AvgIpc) is 2.58. The molecule has 1 aliphatic rings. The molecule has 3 rings (SSSR count). The van der Waals surface area contributed by atoms with Crippen molar-refractivity contribution in [2.45, 2.75) is 38.8 Å². The summed E-state index contributed by atoms with van der Waals surface area (Å²) in [5.74, 6) is 0.935. The number of ether oxygens (including phenoxy) is 2. The van der Waals surface area contributed by atoms with Crippen molar-refractivity contribution in [1.82, 2.24) is 4.98 Å². The van der Waals surface area contributed by atoms with Gasteiger partial charge in [-0.2, -0.15) is 0 Å². The largest absolute Gasteiger partial charge is 0.490 e. The molecule has 0 saturated carbocycles. The standard InChI is InChI=1S/C19H24N2O2/c1-14-3-6-17(13-20-14)21-15(2)16-4-7-18(8-5-16)23-19-9-11-22-12-10-19/h3-8,13,15,19,21H,9-12H2,1-2H3/t15-/m1/s1. The highest BCUT2D eigenvalue weighted by molar-refractivity contribution is 5.44. The predicted molar refractivity (Wildman–Crippen MR) is 91.9 cm³/mol. The Hall–Kier alpha value is -2.07. The maximum atomic E-state index is 6.01. The summed E-state index contributed by atoms with van der Waals surface area (Å²) in [4.78, 5) is 4.31. The van der Waals surface area contributed by atoms with Crippen LogP contribution in [0.3, 0.4) is 0 Å². The number of aromatic nitrogens is 1. The predicted octanol–water partition coefficient (Wildman–Crippen LogP) is 4.12. The fourth-order valence-corrected chi connectivity index (χ4v) is 2.71. The van der Waals surface area contributed by atoms with Crippen LogP contribution in [0.25, 0.3) is 0 Å². The first-order chi connectivity index (χ1) is 11.2. The number of anilines is 1. The molecular weight excluding hydrogens is 288 g/mol. The highest BCUT2D eigenvalue weighted by Gasteiger charge is 2.15. The van der Waals surface area contributed by atoms with Crippen LogP contribution in [0.2, 0.25) is 0 Å². The average molecular weight is 312 g/mol. The third-order valence-corrected chi connectivity index (χ3v) is 4.15. The molecule has 0 unspecified atom stereocenters. The van der Waals surface area contributed by atoms with Crippen molar-refractivity contribution in [3.63, 3.8) is 0 Å². The normalized spacial score (nSPS) is 16.8. The van der Waals surface area contributed by atoms with Crippen LogP contribution >= 0.6 is 0 Å². The number of pyridine rings is 1. The first-order valence-electron chi connectivity index (χ1n) is 8.24. The van der Waals surface area contributed by atoms with Crippen LogP contribution in [0.4, 0.5) is 5.69 Å². The van der Waals surface area contributed by atoms with Gasteiger partial charge in [-0.25, -0.2) is 0 Å². The molecule has 1 N–H and O–H groups in total. The van der Waals surface area contributed by atoms with Crippen LogP contribution in [-0.4, -0.2) is 24.3 Å². The Morgan fingerprint density at radius 2 is 1.87 bits per heavy atom. The molecule has 2 heterocycles. The summed E-state index contributed by atoms with van der Waals surface area (Å²) < 4.78 is 11.4. The lowest BCUT2D eigenvalue weighted by Crippen LogP contribution is -2.25. The monoisotopic (exact) mass is 312 g/mol. The van der Waals surface area contributed by atoms with E-state index >= 15 is 0 Å². The summed E-state index contributed by atoms with van der Waals surface area (Å²) >= 11 is 0. The zero-order valence-corrected chi connectivity index (χ0v) is 13.8. The molecule has 4 nitrogen and oxygen atoms in total. The molecule has 1 atom stereocenters. The molecule has 1 fully saturated rings. The fraction of sp³-hybridized carbons (Fsp3) is 0.421. The van der Waals surface area contributed by atoms with E-state index in [1.54, 1.807) is 0 Å². The third kappa shape index (κ3) is 4.45. The van der Waals surface area contributed by atoms with E-state index in [0.29, 0.717) is 0 Å². The van der Waals surface area contributed by atoms with Gasteiger partial charge in [0.1, 0.15) is 11.9 Å². The van der Waals surface area contributed by atoms with Crippen molar-refractivity contribution in [1.29, 1.82) is 0 Å². The Bertz CT molecular complexity index is 604. The lowest BCUT2D eigenvalue weighted by Gasteiger charge is -2.23. The van der Waals surface area contributed by atoms with E-state index < -0.39 is 0 Å². The second-order valence-electron chi connectivity index (χ2n) is 6.05. The molecule has 1 aliphatic heterocycles. The SMILES string of the molecule is Cc1ccc(N[C@H](C)c2ccc(OC3CCOCC3)cc2)cn1. The van der Waals surface area contributed by atoms with Gasteiger partial charge in [0.25, 0.3) is 0 Å². The first kappa shape index (κ1) is 15.8. The maximum Gasteiger partial charge on any atom is 0.119 e. The van der Waals surface area contributed by atoms with Crippen LogP contribution in [0.5, 0.6) is 5.75 Å². The van der Waals surface area contributed by atoms with Gasteiger partial charge in [0.05, 0.1) is 25.1 Å². The molecule has 23 heavy (non-hydrogen) atoms. The Kier molecular flexibility index (Phi) is 5.13. The highest BCUT2D eigenvalue weighted by Crippen LogP contribution is 2.23. The van der Waals surface area contributed by atoms with Crippen LogP contribution in [-0.2, 0) is 4.74 Å². The summed E-state index contributed by atoms with van der Waals surface area (Å²) in [6.45, 7) is 5.74. The van der Waals surface area contributed by atoms with Crippen LogP contribution in [0.15, 0.2) is 42.6 Å². The van der Waals surface area contributed by atoms with Crippen molar-refractivity contribution in [2.24, 2.45) is 0 Å². The number of hydrogen-bond acceptors (Lipinski definition) is 4. The number of benzene rings is 1. The van der Waals surface area contributed by atoms with E-state index in [4.69, 9.17) is 9.47 Å². The number of nitrogens with zero attached hydrogens (tertiary/aromatic N) is 1. The van der Waals surface area contributed by atoms with Gasteiger partial charge in [0.2, 0.25) is 0 Å². The second-order valence-corrected chi connectivity index (χ2v) is 6.05. The summed E-state index contributed by atoms with van der Waals surface area (Å²) in [7, 11) is 0. The van der Waals surface area contributed by atoms with E-state index in [1.165, 1.54) is 5.56 Å². The quantitative estimate of drug-likeness (QED) is 0.902. The van der Waals surface area contributed by atoms with Crippen LogP contribution < -0.4 is 10.1 Å². The van der Waals surface area contributed by atoms with E-state index in [0.717, 1.165) is 43.2 Å². The topological polar surface area (TPSA) is 43.4 Å². The van der Waals surface area contributed by atoms with Gasteiger partial charge in [-0.15, -0.1) is 0 Å². The lowest BCUT2D eigenvalue weighted by atomic mass is 10.1. The summed E-state index contributed by atoms with van der Waals surface area (Å²) in [6.07, 6.45) is 4.10. The minimum atomic E-state index is 0.219. The summed E-state index contributed by atoms with van der Waals surface area (Å²) in [5.41, 5.74) is 3.29. The summed E-state index contributed by atoms with van der Waals surface area (Å²) in [5, 5.41) is 3.47. The van der Waals surface area contributed by atoms with E-state index in [2.05, 4.69) is 47.6 Å². The molecule has 1 saturated heterocycles. The number of nitrogens with one attached hydrogen (secondary N) is 1. The molecule has 4 heteroatoms. The van der Waals surface area contributed by atoms with Gasteiger partial charge < -0.3 is 14.8 Å². The molecular formula is C19H24N2O2. The Labute approximate surface area is 137 Å². The molecule has 0 spiro atoms. The molecule has 0 bridgehead atoms. The fourth-order valence-electron chi connectivity index (χ4n) is 2.71. The van der Waals surface area contributed by atoms with Crippen molar-refractivity contribution in [3.05, 3.63) is 53.9 Å².